The van der Waals surface area contributed by atoms with Crippen LogP contribution in [0.4, 0.5) is 23.7 Å². The van der Waals surface area contributed by atoms with Crippen LogP contribution < -0.4 is 5.32 Å². The summed E-state index contributed by atoms with van der Waals surface area (Å²) in [5.41, 5.74) is -0.347. The van der Waals surface area contributed by atoms with Gasteiger partial charge in [0.05, 0.1) is 6.54 Å². The number of hydrogen-bond acceptors (Lipinski definition) is 4. The maximum absolute atomic E-state index is 12.7. The second kappa shape index (κ2) is 7.43. The summed E-state index contributed by atoms with van der Waals surface area (Å²) in [5, 5.41) is 3.09. The van der Waals surface area contributed by atoms with Crippen LogP contribution in [0, 0.1) is 0 Å². The molecular formula is C17H13ClF3N3O3. The Hall–Kier alpha value is -2.81. The predicted molar refractivity (Wildman–Crippen MR) is 90.0 cm³/mol. The minimum absolute atomic E-state index is 0.0814. The summed E-state index contributed by atoms with van der Waals surface area (Å²) in [4.78, 5) is 28.6. The quantitative estimate of drug-likeness (QED) is 0.850. The van der Waals surface area contributed by atoms with Crippen LogP contribution in [0.15, 0.2) is 42.6 Å². The molecule has 0 aliphatic carbocycles. The number of cyclic esters (lactones) is 1. The molecule has 2 aromatic rings. The van der Waals surface area contributed by atoms with E-state index in [-0.39, 0.29) is 18.7 Å². The molecule has 1 aromatic carbocycles. The topological polar surface area (TPSA) is 71.5 Å². The molecule has 2 heterocycles. The Morgan fingerprint density at radius 2 is 2.00 bits per heavy atom. The van der Waals surface area contributed by atoms with Crippen LogP contribution in [0.5, 0.6) is 0 Å². The normalized spacial score (nSPS) is 17.0. The number of halogens is 4. The molecule has 1 aliphatic heterocycles. The summed E-state index contributed by atoms with van der Waals surface area (Å²) in [7, 11) is 0. The fraction of sp³-hybridized carbons (Fsp3) is 0.235. The first-order valence-corrected chi connectivity index (χ1v) is 8.14. The number of nitrogens with zero attached hydrogens (tertiary/aromatic N) is 2. The van der Waals surface area contributed by atoms with E-state index in [1.54, 1.807) is 24.3 Å². The monoisotopic (exact) mass is 399 g/mol. The number of aromatic nitrogens is 1. The van der Waals surface area contributed by atoms with E-state index in [9.17, 15) is 22.8 Å². The van der Waals surface area contributed by atoms with E-state index < -0.39 is 30.0 Å². The molecule has 6 nitrogen and oxygen atoms in total. The van der Waals surface area contributed by atoms with Gasteiger partial charge in [0, 0.05) is 23.5 Å². The van der Waals surface area contributed by atoms with E-state index in [1.807, 2.05) is 0 Å². The fourth-order valence-electron chi connectivity index (χ4n) is 2.48. The van der Waals surface area contributed by atoms with Crippen LogP contribution in [0.25, 0.3) is 0 Å². The average molecular weight is 400 g/mol. The van der Waals surface area contributed by atoms with E-state index in [4.69, 9.17) is 16.3 Å². The maximum Gasteiger partial charge on any atom is 0.433 e. The molecule has 3 rings (SSSR count). The van der Waals surface area contributed by atoms with Gasteiger partial charge in [0.1, 0.15) is 5.69 Å². The molecule has 10 heteroatoms. The minimum atomic E-state index is -4.58. The van der Waals surface area contributed by atoms with Crippen molar-refractivity contribution < 1.29 is 27.5 Å². The molecule has 1 fully saturated rings. The third-order valence-electron chi connectivity index (χ3n) is 3.78. The Morgan fingerprint density at radius 3 is 2.67 bits per heavy atom. The Labute approximate surface area is 156 Å². The molecule has 1 atom stereocenters. The Kier molecular flexibility index (Phi) is 5.22. The molecule has 1 N–H and O–H groups in total. The van der Waals surface area contributed by atoms with Gasteiger partial charge in [0.25, 0.3) is 5.91 Å². The zero-order chi connectivity index (χ0) is 19.6. The number of carbonyl (C=O) groups excluding carboxylic acids is 2. The van der Waals surface area contributed by atoms with Gasteiger partial charge in [-0.25, -0.2) is 4.79 Å². The molecular weight excluding hydrogens is 387 g/mol. The maximum atomic E-state index is 12.7. The molecule has 0 unspecified atom stereocenters. The molecule has 2 amide bonds. The van der Waals surface area contributed by atoms with E-state index in [0.29, 0.717) is 10.7 Å². The molecule has 27 heavy (non-hydrogen) atoms. The third-order valence-corrected chi connectivity index (χ3v) is 4.03. The predicted octanol–water partition coefficient (Wildman–Crippen LogP) is 3.71. The summed E-state index contributed by atoms with van der Waals surface area (Å²) in [6, 6.07) is 8.57. The smallest absolute Gasteiger partial charge is 0.433 e. The zero-order valence-electron chi connectivity index (χ0n) is 13.7. The summed E-state index contributed by atoms with van der Waals surface area (Å²) in [5.74, 6) is -0.543. The molecule has 1 aromatic heterocycles. The number of ether oxygens (including phenoxy) is 1. The number of pyridine rings is 1. The van der Waals surface area contributed by atoms with Gasteiger partial charge in [0.15, 0.2) is 6.10 Å². The van der Waals surface area contributed by atoms with E-state index >= 15 is 0 Å². The SMILES string of the molecule is O=C(Nc1ccc(Cl)cc1)[C@@H]1CN(Cc2ccnc(C(F)(F)F)c2)C(=O)O1. The Bertz CT molecular complexity index is 858. The van der Waals surface area contributed by atoms with E-state index in [2.05, 4.69) is 10.3 Å². The number of nitrogens with one attached hydrogen (secondary N) is 1. The van der Waals surface area contributed by atoms with Crippen LogP contribution in [0.2, 0.25) is 5.02 Å². The summed E-state index contributed by atoms with van der Waals surface area (Å²) in [6.45, 7) is -0.211. The second-order valence-electron chi connectivity index (χ2n) is 5.80. The highest BCUT2D eigenvalue weighted by atomic mass is 35.5. The van der Waals surface area contributed by atoms with Gasteiger partial charge in [-0.05, 0) is 42.0 Å². The van der Waals surface area contributed by atoms with Crippen LogP contribution in [-0.4, -0.2) is 34.5 Å². The third kappa shape index (κ3) is 4.68. The number of benzene rings is 1. The molecule has 0 bridgehead atoms. The van der Waals surface area contributed by atoms with Crippen LogP contribution >= 0.6 is 11.6 Å². The van der Waals surface area contributed by atoms with Crippen molar-refractivity contribution in [2.45, 2.75) is 18.8 Å². The first kappa shape index (κ1) is 19.0. The van der Waals surface area contributed by atoms with Crippen LogP contribution in [0.3, 0.4) is 0 Å². The molecule has 142 valence electrons. The van der Waals surface area contributed by atoms with Crippen molar-refractivity contribution in [1.29, 1.82) is 0 Å². The van der Waals surface area contributed by atoms with Crippen molar-refractivity contribution in [3.8, 4) is 0 Å². The summed E-state index contributed by atoms with van der Waals surface area (Å²) in [6.07, 6.45) is -5.42. The highest BCUT2D eigenvalue weighted by Crippen LogP contribution is 2.28. The molecule has 1 saturated heterocycles. The Balaban J connectivity index is 1.63. The lowest BCUT2D eigenvalue weighted by molar-refractivity contribution is -0.141. The largest absolute Gasteiger partial charge is 0.434 e. The average Bonchev–Trinajstić information content (AvgIpc) is 2.97. The van der Waals surface area contributed by atoms with Gasteiger partial charge in [-0.15, -0.1) is 0 Å². The van der Waals surface area contributed by atoms with Gasteiger partial charge < -0.3 is 10.1 Å². The lowest BCUT2D eigenvalue weighted by atomic mass is 10.2. The van der Waals surface area contributed by atoms with Crippen molar-refractivity contribution in [2.75, 3.05) is 11.9 Å². The number of anilines is 1. The number of carbonyl (C=O) groups is 2. The molecule has 1 aliphatic rings. The lowest BCUT2D eigenvalue weighted by Gasteiger charge is -2.14. The number of hydrogen-bond donors (Lipinski definition) is 1. The fourth-order valence-corrected chi connectivity index (χ4v) is 2.60. The van der Waals surface area contributed by atoms with Crippen LogP contribution in [-0.2, 0) is 22.3 Å². The van der Waals surface area contributed by atoms with Gasteiger partial charge in [-0.2, -0.15) is 13.2 Å². The van der Waals surface area contributed by atoms with E-state index in [1.165, 1.54) is 6.07 Å². The van der Waals surface area contributed by atoms with Crippen molar-refractivity contribution in [1.82, 2.24) is 9.88 Å². The molecule has 0 radical (unpaired) electrons. The van der Waals surface area contributed by atoms with Gasteiger partial charge in [-0.3, -0.25) is 14.7 Å². The van der Waals surface area contributed by atoms with E-state index in [0.717, 1.165) is 17.2 Å². The van der Waals surface area contributed by atoms with Gasteiger partial charge in [-0.1, -0.05) is 11.6 Å². The van der Waals surface area contributed by atoms with Crippen molar-refractivity contribution in [2.24, 2.45) is 0 Å². The zero-order valence-corrected chi connectivity index (χ0v) is 14.4. The number of alkyl halides is 3. The van der Waals surface area contributed by atoms with Crippen molar-refractivity contribution in [3.05, 3.63) is 58.9 Å². The summed E-state index contributed by atoms with van der Waals surface area (Å²) >= 11 is 5.77. The lowest BCUT2D eigenvalue weighted by Crippen LogP contribution is -2.32. The first-order valence-electron chi connectivity index (χ1n) is 7.76. The first-order chi connectivity index (χ1) is 12.7. The number of rotatable bonds is 4. The Morgan fingerprint density at radius 1 is 1.30 bits per heavy atom. The minimum Gasteiger partial charge on any atom is -0.434 e. The molecule has 0 spiro atoms. The summed E-state index contributed by atoms with van der Waals surface area (Å²) < 4.78 is 43.2. The molecule has 0 saturated carbocycles. The second-order valence-corrected chi connectivity index (χ2v) is 6.23. The van der Waals surface area contributed by atoms with Crippen molar-refractivity contribution >= 4 is 29.3 Å². The highest BCUT2D eigenvalue weighted by molar-refractivity contribution is 6.30. The van der Waals surface area contributed by atoms with Gasteiger partial charge in [0.2, 0.25) is 0 Å². The van der Waals surface area contributed by atoms with Gasteiger partial charge >= 0.3 is 12.3 Å². The number of amides is 2. The van der Waals surface area contributed by atoms with Crippen molar-refractivity contribution in [3.63, 3.8) is 0 Å². The highest BCUT2D eigenvalue weighted by Gasteiger charge is 2.37. The van der Waals surface area contributed by atoms with Crippen LogP contribution in [0.1, 0.15) is 11.3 Å². The standard InChI is InChI=1S/C17H13ClF3N3O3/c18-11-1-3-12(4-2-11)23-15(25)13-9-24(16(26)27-13)8-10-5-6-22-14(7-10)17(19,20)21/h1-7,13H,8-9H2,(H,23,25)/t13-/m0/s1.